The van der Waals surface area contributed by atoms with E-state index in [4.69, 9.17) is 5.11 Å². The molecule has 2 rings (SSSR count). The summed E-state index contributed by atoms with van der Waals surface area (Å²) in [4.78, 5) is 24.7. The van der Waals surface area contributed by atoms with Gasteiger partial charge in [-0.3, -0.25) is 14.5 Å². The van der Waals surface area contributed by atoms with Crippen LogP contribution in [0.25, 0.3) is 0 Å². The summed E-state index contributed by atoms with van der Waals surface area (Å²) in [5.74, 6) is -1.03. The summed E-state index contributed by atoms with van der Waals surface area (Å²) in [6.07, 6.45) is 1.14. The van der Waals surface area contributed by atoms with E-state index >= 15 is 0 Å². The Hall–Kier alpha value is -2.23. The highest BCUT2D eigenvalue weighted by atomic mass is 32.2. The van der Waals surface area contributed by atoms with Gasteiger partial charge in [0, 0.05) is 25.9 Å². The molecular formula is C14H17N3O5S. The first kappa shape index (κ1) is 17.1. The summed E-state index contributed by atoms with van der Waals surface area (Å²) >= 11 is 0. The van der Waals surface area contributed by atoms with Gasteiger partial charge in [-0.2, -0.15) is 0 Å². The van der Waals surface area contributed by atoms with E-state index in [0.717, 1.165) is 15.3 Å². The van der Waals surface area contributed by atoms with E-state index in [-0.39, 0.29) is 23.7 Å². The second kappa shape index (κ2) is 6.49. The van der Waals surface area contributed by atoms with E-state index in [1.165, 1.54) is 38.4 Å². The molecule has 8 nitrogen and oxygen atoms in total. The lowest BCUT2D eigenvalue weighted by molar-refractivity contribution is -0.137. The van der Waals surface area contributed by atoms with Gasteiger partial charge in [-0.15, -0.1) is 0 Å². The molecule has 2 N–H and O–H groups in total. The van der Waals surface area contributed by atoms with Crippen LogP contribution in [0.5, 0.6) is 0 Å². The Morgan fingerprint density at radius 2 is 1.78 bits per heavy atom. The Kier molecular flexibility index (Phi) is 4.83. The predicted molar refractivity (Wildman–Crippen MR) is 82.8 cm³/mol. The maximum Gasteiger partial charge on any atom is 0.277 e. The van der Waals surface area contributed by atoms with Gasteiger partial charge in [0.25, 0.3) is 11.8 Å². The molecule has 1 aromatic rings. The normalized spacial score (nSPS) is 15.3. The first-order valence-corrected chi connectivity index (χ1v) is 8.19. The summed E-state index contributed by atoms with van der Waals surface area (Å²) in [6, 6.07) is 5.82. The molecule has 0 spiro atoms. The van der Waals surface area contributed by atoms with E-state index in [1.54, 1.807) is 0 Å². The molecule has 0 atom stereocenters. The Morgan fingerprint density at radius 1 is 1.17 bits per heavy atom. The van der Waals surface area contributed by atoms with Gasteiger partial charge in [0.2, 0.25) is 10.0 Å². The molecule has 1 heterocycles. The Morgan fingerprint density at radius 3 is 2.30 bits per heavy atom. The zero-order chi connectivity index (χ0) is 17.2. The number of imide groups is 1. The topological polar surface area (TPSA) is 107 Å². The molecule has 2 amide bonds. The molecule has 1 aliphatic heterocycles. The fraction of sp³-hybridized carbons (Fsp3) is 0.286. The Labute approximate surface area is 134 Å². The van der Waals surface area contributed by atoms with Crippen LogP contribution >= 0.6 is 0 Å². The molecule has 0 aliphatic carbocycles. The van der Waals surface area contributed by atoms with Gasteiger partial charge in [0.05, 0.1) is 18.0 Å². The fourth-order valence-electron chi connectivity index (χ4n) is 1.99. The number of rotatable bonds is 6. The highest BCUT2D eigenvalue weighted by molar-refractivity contribution is 7.89. The molecule has 0 radical (unpaired) electrons. The molecule has 0 fully saturated rings. The number of aliphatic hydroxyl groups excluding tert-OH is 1. The summed E-state index contributed by atoms with van der Waals surface area (Å²) in [5, 5.41) is 11.6. The van der Waals surface area contributed by atoms with E-state index < -0.39 is 21.8 Å². The summed E-state index contributed by atoms with van der Waals surface area (Å²) in [7, 11) is -0.652. The van der Waals surface area contributed by atoms with E-state index in [0.29, 0.717) is 5.69 Å². The smallest absolute Gasteiger partial charge is 0.277 e. The Bertz CT molecular complexity index is 753. The fourth-order valence-corrected chi connectivity index (χ4v) is 2.89. The van der Waals surface area contributed by atoms with Crippen LogP contribution in [0.2, 0.25) is 0 Å². The van der Waals surface area contributed by atoms with Gasteiger partial charge in [-0.05, 0) is 24.3 Å². The number of sulfonamides is 1. The number of benzene rings is 1. The molecule has 124 valence electrons. The summed E-state index contributed by atoms with van der Waals surface area (Å²) in [6.45, 7) is -0.380. The first-order valence-electron chi connectivity index (χ1n) is 6.75. The molecule has 0 aromatic heterocycles. The average Bonchev–Trinajstić information content (AvgIpc) is 2.76. The number of anilines is 1. The second-order valence-corrected chi connectivity index (χ2v) is 7.17. The molecule has 9 heteroatoms. The number of nitrogens with one attached hydrogen (secondary N) is 1. The SMILES string of the molecule is CN(C)S(=O)(=O)c1ccc(NC2=CC(=O)N(CCO)C2=O)cc1. The zero-order valence-electron chi connectivity index (χ0n) is 12.7. The van der Waals surface area contributed by atoms with E-state index in [2.05, 4.69) is 5.32 Å². The highest BCUT2D eigenvalue weighted by Gasteiger charge is 2.30. The minimum Gasteiger partial charge on any atom is -0.395 e. The lowest BCUT2D eigenvalue weighted by Gasteiger charge is -2.14. The van der Waals surface area contributed by atoms with Crippen molar-refractivity contribution in [1.29, 1.82) is 0 Å². The average molecular weight is 339 g/mol. The largest absolute Gasteiger partial charge is 0.395 e. The minimum absolute atomic E-state index is 0.0701. The Balaban J connectivity index is 2.15. The molecule has 1 aromatic carbocycles. The number of amides is 2. The van der Waals surface area contributed by atoms with Crippen molar-refractivity contribution in [2.75, 3.05) is 32.6 Å². The van der Waals surface area contributed by atoms with E-state index in [1.807, 2.05) is 0 Å². The van der Waals surface area contributed by atoms with Crippen molar-refractivity contribution in [3.63, 3.8) is 0 Å². The van der Waals surface area contributed by atoms with Crippen LogP contribution in [-0.4, -0.2) is 61.8 Å². The van der Waals surface area contributed by atoms with Crippen LogP contribution in [-0.2, 0) is 19.6 Å². The molecule has 0 saturated heterocycles. The first-order chi connectivity index (χ1) is 10.8. The van der Waals surface area contributed by atoms with Crippen LogP contribution < -0.4 is 5.32 Å². The van der Waals surface area contributed by atoms with Gasteiger partial charge in [-0.25, -0.2) is 12.7 Å². The van der Waals surface area contributed by atoms with Gasteiger partial charge < -0.3 is 10.4 Å². The zero-order valence-corrected chi connectivity index (χ0v) is 13.5. The van der Waals surface area contributed by atoms with Gasteiger partial charge in [0.15, 0.2) is 0 Å². The van der Waals surface area contributed by atoms with Gasteiger partial charge in [-0.1, -0.05) is 0 Å². The van der Waals surface area contributed by atoms with Gasteiger partial charge >= 0.3 is 0 Å². The number of hydrogen-bond acceptors (Lipinski definition) is 6. The number of carbonyl (C=O) groups is 2. The number of carbonyl (C=O) groups excluding carboxylic acids is 2. The maximum atomic E-state index is 12.0. The van der Waals surface area contributed by atoms with E-state index in [9.17, 15) is 18.0 Å². The predicted octanol–water partition coefficient (Wildman–Crippen LogP) is -0.406. The molecule has 0 saturated carbocycles. The molecule has 1 aliphatic rings. The van der Waals surface area contributed by atoms with Crippen LogP contribution in [0.3, 0.4) is 0 Å². The molecule has 0 bridgehead atoms. The highest BCUT2D eigenvalue weighted by Crippen LogP contribution is 2.20. The minimum atomic E-state index is -3.52. The monoisotopic (exact) mass is 339 g/mol. The maximum absolute atomic E-state index is 12.0. The lowest BCUT2D eigenvalue weighted by atomic mass is 10.3. The number of hydrogen-bond donors (Lipinski definition) is 2. The van der Waals surface area contributed by atoms with Crippen molar-refractivity contribution >= 4 is 27.5 Å². The molecular weight excluding hydrogens is 322 g/mol. The van der Waals surface area contributed by atoms with Crippen LogP contribution in [0.1, 0.15) is 0 Å². The third-order valence-corrected chi connectivity index (χ3v) is 5.07. The van der Waals surface area contributed by atoms with Crippen LogP contribution in [0.15, 0.2) is 40.9 Å². The van der Waals surface area contributed by atoms with Crippen molar-refractivity contribution in [3.05, 3.63) is 36.0 Å². The number of nitrogens with zero attached hydrogens (tertiary/aromatic N) is 2. The van der Waals surface area contributed by atoms with Crippen molar-refractivity contribution in [1.82, 2.24) is 9.21 Å². The van der Waals surface area contributed by atoms with Crippen molar-refractivity contribution < 1.29 is 23.1 Å². The summed E-state index contributed by atoms with van der Waals surface area (Å²) < 4.78 is 25.0. The van der Waals surface area contributed by atoms with Crippen molar-refractivity contribution in [2.24, 2.45) is 0 Å². The third kappa shape index (κ3) is 3.41. The van der Waals surface area contributed by atoms with Crippen LogP contribution in [0, 0.1) is 0 Å². The standard InChI is InChI=1S/C14H17N3O5S/c1-16(2)23(21,22)11-5-3-10(4-6-11)15-12-9-13(19)17(7-8-18)14(12)20/h3-6,9,15,18H,7-8H2,1-2H3. The third-order valence-electron chi connectivity index (χ3n) is 3.24. The molecule has 0 unspecified atom stereocenters. The van der Waals surface area contributed by atoms with Crippen molar-refractivity contribution in [3.8, 4) is 0 Å². The van der Waals surface area contributed by atoms with Gasteiger partial charge in [0.1, 0.15) is 5.70 Å². The lowest BCUT2D eigenvalue weighted by Crippen LogP contribution is -2.34. The number of aliphatic hydroxyl groups is 1. The second-order valence-electron chi connectivity index (χ2n) is 5.01. The quantitative estimate of drug-likeness (QED) is 0.683. The molecule has 23 heavy (non-hydrogen) atoms. The van der Waals surface area contributed by atoms with Crippen LogP contribution in [0.4, 0.5) is 5.69 Å². The van der Waals surface area contributed by atoms with Crippen molar-refractivity contribution in [2.45, 2.75) is 4.90 Å². The summed E-state index contributed by atoms with van der Waals surface area (Å²) in [5.41, 5.74) is 0.549. The number of β-amino-alcohol motifs (C(OH)–C–C–N with tert-alkyl or cyclic N) is 1.